The van der Waals surface area contributed by atoms with Gasteiger partial charge in [-0.3, -0.25) is 19.2 Å². The number of amides is 3. The smallest absolute Gasteiger partial charge is 0.313 e. The molecule has 37 heavy (non-hydrogen) atoms. The molecule has 202 valence electrons. The van der Waals surface area contributed by atoms with Gasteiger partial charge in [0.1, 0.15) is 12.1 Å². The van der Waals surface area contributed by atoms with E-state index in [4.69, 9.17) is 10.8 Å². The van der Waals surface area contributed by atoms with Crippen LogP contribution in [0, 0.1) is 0 Å². The number of imidazole rings is 1. The monoisotopic (exact) mass is 572 g/mol. The Morgan fingerprint density at radius 2 is 2.08 bits per heavy atom. The molecule has 16 heteroatoms. The quantitative estimate of drug-likeness (QED) is 0.251. The molecule has 0 aliphatic carbocycles. The average Bonchev–Trinajstić information content (AvgIpc) is 3.50. The minimum absolute atomic E-state index is 0.0477. The molecular weight excluding hydrogens is 544 g/mol. The summed E-state index contributed by atoms with van der Waals surface area (Å²) in [5.41, 5.74) is 5.51. The van der Waals surface area contributed by atoms with Gasteiger partial charge in [-0.2, -0.15) is 0 Å². The maximum Gasteiger partial charge on any atom is 0.313 e. The first-order valence-corrected chi connectivity index (χ1v) is 14.7. The van der Waals surface area contributed by atoms with E-state index in [1.54, 1.807) is 19.2 Å². The minimum Gasteiger partial charge on any atom is -0.481 e. The number of rotatable bonds is 12. The summed E-state index contributed by atoms with van der Waals surface area (Å²) in [7, 11) is -2.35. The molecule has 1 saturated heterocycles. The van der Waals surface area contributed by atoms with Crippen LogP contribution in [0.15, 0.2) is 35.1 Å². The van der Waals surface area contributed by atoms with E-state index in [0.717, 1.165) is 16.6 Å². The van der Waals surface area contributed by atoms with Crippen LogP contribution in [0.2, 0.25) is 0 Å². The maximum atomic E-state index is 13.3. The van der Waals surface area contributed by atoms with Gasteiger partial charge in [0.15, 0.2) is 5.03 Å². The summed E-state index contributed by atoms with van der Waals surface area (Å²) in [6.45, 7) is 0.0477. The Balaban J connectivity index is 1.76. The number of nitrogens with zero attached hydrogens (tertiary/aromatic N) is 3. The number of aliphatic carboxylic acids is 1. The molecule has 0 radical (unpaired) electrons. The number of carbonyl (C=O) groups excluding carboxylic acids is 3. The van der Waals surface area contributed by atoms with Crippen molar-refractivity contribution in [1.29, 1.82) is 0 Å². The van der Waals surface area contributed by atoms with Crippen molar-refractivity contribution in [2.45, 2.75) is 42.4 Å². The third kappa shape index (κ3) is 8.02. The molecule has 2 aromatic heterocycles. The van der Waals surface area contributed by atoms with Crippen LogP contribution in [-0.2, 0) is 42.7 Å². The minimum atomic E-state index is -3.98. The lowest BCUT2D eigenvalue weighted by Gasteiger charge is -2.39. The van der Waals surface area contributed by atoms with Gasteiger partial charge < -0.3 is 25.6 Å². The third-order valence-electron chi connectivity index (χ3n) is 5.60. The first kappa shape index (κ1) is 28.6. The van der Waals surface area contributed by atoms with Gasteiger partial charge in [0, 0.05) is 37.1 Å². The number of aromatic nitrogens is 2. The van der Waals surface area contributed by atoms with E-state index in [1.165, 1.54) is 33.3 Å². The van der Waals surface area contributed by atoms with Crippen LogP contribution in [0.4, 0.5) is 0 Å². The van der Waals surface area contributed by atoms with E-state index in [2.05, 4.69) is 15.0 Å². The molecule has 5 N–H and O–H groups in total. The number of likely N-dealkylation sites (tertiary alicyclic amines) is 1. The molecule has 3 amide bonds. The molecule has 3 atom stereocenters. The number of primary amides is 1. The molecule has 13 nitrogen and oxygen atoms in total. The average molecular weight is 573 g/mol. The Labute approximate surface area is 221 Å². The standard InChI is InChI=1S/C21H28N6O7S3/c1-26-9-17(23-12-26)37(33,34)25-13-4-5-27(18(28)10-35-11-19(29)30)16(7-13)21(32)24-15(20(22)31)8-14-3-2-6-36-14/h2-3,6,9,12-13,15-16,25H,4-5,7-8,10-11H2,1H3,(H2,22,31)(H,24,32)(H,29,30). The fourth-order valence-corrected chi connectivity index (χ4v) is 6.49. The zero-order valence-corrected chi connectivity index (χ0v) is 22.4. The van der Waals surface area contributed by atoms with Crippen LogP contribution >= 0.6 is 23.1 Å². The largest absolute Gasteiger partial charge is 0.481 e. The Hall–Kier alpha value is -2.95. The highest BCUT2D eigenvalue weighted by molar-refractivity contribution is 8.00. The van der Waals surface area contributed by atoms with Crippen LogP contribution in [-0.4, -0.2) is 87.8 Å². The number of carboxylic acid groups (broad SMARTS) is 1. The van der Waals surface area contributed by atoms with Crippen LogP contribution in [0.3, 0.4) is 0 Å². The van der Waals surface area contributed by atoms with E-state index in [0.29, 0.717) is 0 Å². The van der Waals surface area contributed by atoms with Gasteiger partial charge >= 0.3 is 5.97 Å². The molecule has 1 fully saturated rings. The number of carbonyl (C=O) groups is 4. The lowest BCUT2D eigenvalue weighted by molar-refractivity contribution is -0.141. The second-order valence-corrected chi connectivity index (χ2v) is 12.1. The van der Waals surface area contributed by atoms with Gasteiger partial charge in [-0.15, -0.1) is 23.1 Å². The summed E-state index contributed by atoms with van der Waals surface area (Å²) in [5.74, 6) is -3.40. The van der Waals surface area contributed by atoms with Gasteiger partial charge in [-0.1, -0.05) is 6.07 Å². The molecule has 3 rings (SSSR count). The van der Waals surface area contributed by atoms with Gasteiger partial charge in [0.25, 0.3) is 10.0 Å². The van der Waals surface area contributed by atoms with Crippen LogP contribution in [0.1, 0.15) is 17.7 Å². The fraction of sp³-hybridized carbons (Fsp3) is 0.476. The SMILES string of the molecule is Cn1cnc(S(=O)(=O)NC2CCN(C(=O)CSCC(=O)O)C(C(=O)NC(Cc3cccs3)C(N)=O)C2)c1. The first-order valence-electron chi connectivity index (χ1n) is 11.2. The predicted molar refractivity (Wildman–Crippen MR) is 136 cm³/mol. The summed E-state index contributed by atoms with van der Waals surface area (Å²) in [6, 6.07) is 0.769. The maximum absolute atomic E-state index is 13.3. The van der Waals surface area contributed by atoms with Crippen molar-refractivity contribution in [3.8, 4) is 0 Å². The number of piperidine rings is 1. The molecular formula is C21H28N6O7S3. The summed E-state index contributed by atoms with van der Waals surface area (Å²) >= 11 is 2.29. The predicted octanol–water partition coefficient (Wildman–Crippen LogP) is -0.850. The summed E-state index contributed by atoms with van der Waals surface area (Å²) in [4.78, 5) is 55.0. The molecule has 3 unspecified atom stereocenters. The number of nitrogens with two attached hydrogens (primary N) is 1. The van der Waals surface area contributed by atoms with Crippen molar-refractivity contribution in [2.24, 2.45) is 12.8 Å². The van der Waals surface area contributed by atoms with E-state index in [9.17, 15) is 27.6 Å². The zero-order chi connectivity index (χ0) is 27.2. The van der Waals surface area contributed by atoms with Crippen molar-refractivity contribution >= 4 is 56.8 Å². The summed E-state index contributed by atoms with van der Waals surface area (Å²) in [6.07, 6.45) is 3.02. The number of sulfonamides is 1. The van der Waals surface area contributed by atoms with Crippen LogP contribution < -0.4 is 15.8 Å². The second-order valence-electron chi connectivity index (χ2n) is 8.46. The molecule has 1 aliphatic rings. The Bertz CT molecular complexity index is 1230. The topological polar surface area (TPSA) is 194 Å². The Morgan fingerprint density at radius 1 is 1.32 bits per heavy atom. The van der Waals surface area contributed by atoms with E-state index < -0.39 is 51.8 Å². The number of aryl methyl sites for hydroxylation is 1. The van der Waals surface area contributed by atoms with Crippen molar-refractivity contribution in [1.82, 2.24) is 24.5 Å². The molecule has 0 saturated carbocycles. The van der Waals surface area contributed by atoms with Gasteiger partial charge in [0.05, 0.1) is 17.8 Å². The first-order chi connectivity index (χ1) is 17.5. The zero-order valence-electron chi connectivity index (χ0n) is 19.9. The summed E-state index contributed by atoms with van der Waals surface area (Å²) in [5, 5.41) is 13.1. The van der Waals surface area contributed by atoms with Crippen molar-refractivity contribution in [3.63, 3.8) is 0 Å². The fourth-order valence-electron chi connectivity index (χ4n) is 3.86. The van der Waals surface area contributed by atoms with Crippen molar-refractivity contribution in [2.75, 3.05) is 18.1 Å². The van der Waals surface area contributed by atoms with Crippen molar-refractivity contribution < 1.29 is 32.7 Å². The third-order valence-corrected chi connectivity index (χ3v) is 8.81. The van der Waals surface area contributed by atoms with E-state index in [-0.39, 0.29) is 42.3 Å². The summed E-state index contributed by atoms with van der Waals surface area (Å²) < 4.78 is 29.6. The van der Waals surface area contributed by atoms with Crippen LogP contribution in [0.5, 0.6) is 0 Å². The highest BCUT2D eigenvalue weighted by Gasteiger charge is 2.39. The highest BCUT2D eigenvalue weighted by atomic mass is 32.2. The molecule has 3 heterocycles. The second kappa shape index (κ2) is 12.5. The van der Waals surface area contributed by atoms with Gasteiger partial charge in [-0.25, -0.2) is 18.1 Å². The van der Waals surface area contributed by atoms with Gasteiger partial charge in [0.2, 0.25) is 17.7 Å². The Kier molecular flexibility index (Phi) is 9.69. The van der Waals surface area contributed by atoms with Crippen molar-refractivity contribution in [3.05, 3.63) is 34.9 Å². The molecule has 1 aliphatic heterocycles. The van der Waals surface area contributed by atoms with E-state index in [1.807, 2.05) is 5.38 Å². The number of thiophene rings is 1. The number of thioether (sulfide) groups is 1. The highest BCUT2D eigenvalue weighted by Crippen LogP contribution is 2.22. The lowest BCUT2D eigenvalue weighted by Crippen LogP contribution is -2.60. The Morgan fingerprint density at radius 3 is 2.68 bits per heavy atom. The van der Waals surface area contributed by atoms with Crippen LogP contribution in [0.25, 0.3) is 0 Å². The van der Waals surface area contributed by atoms with E-state index >= 15 is 0 Å². The molecule has 0 spiro atoms. The lowest BCUT2D eigenvalue weighted by atomic mass is 9.96. The molecule has 2 aromatic rings. The number of nitrogens with one attached hydrogen (secondary N) is 2. The van der Waals surface area contributed by atoms with Gasteiger partial charge in [-0.05, 0) is 24.3 Å². The normalized spacial score (nSPS) is 18.8. The molecule has 0 aromatic carbocycles. The number of carboxylic acids is 1. The molecule has 0 bridgehead atoms. The number of hydrogen-bond donors (Lipinski definition) is 4. The number of hydrogen-bond acceptors (Lipinski definition) is 9.